The van der Waals surface area contributed by atoms with Gasteiger partial charge in [-0.2, -0.15) is 0 Å². The van der Waals surface area contributed by atoms with Gasteiger partial charge >= 0.3 is 5.97 Å². The van der Waals surface area contributed by atoms with Crippen LogP contribution in [0, 0.1) is 0 Å². The number of hydrogen-bond acceptors (Lipinski definition) is 6. The first-order valence-corrected chi connectivity index (χ1v) is 11.1. The minimum atomic E-state index is -0.806. The van der Waals surface area contributed by atoms with E-state index >= 15 is 0 Å². The number of ether oxygens (including phenoxy) is 1. The zero-order chi connectivity index (χ0) is 23.1. The number of hydrogen-bond donors (Lipinski definition) is 0. The lowest BCUT2D eigenvalue weighted by Crippen LogP contribution is -2.26. The predicted molar refractivity (Wildman–Crippen MR) is 131 cm³/mol. The smallest absolute Gasteiger partial charge is 0.343 e. The fraction of sp³-hybridized carbons (Fsp3) is 0.120. The van der Waals surface area contributed by atoms with Crippen LogP contribution in [-0.2, 0) is 14.3 Å². The molecule has 1 heterocycles. The summed E-state index contributed by atoms with van der Waals surface area (Å²) in [6, 6.07) is 18.1. The van der Waals surface area contributed by atoms with Crippen molar-refractivity contribution < 1.29 is 19.1 Å². The van der Waals surface area contributed by atoms with E-state index in [1.807, 2.05) is 43.3 Å². The third-order valence-corrected chi connectivity index (χ3v) is 5.74. The van der Waals surface area contributed by atoms with E-state index in [0.29, 0.717) is 10.5 Å². The number of allylic oxidation sites excluding steroid dienone is 2. The van der Waals surface area contributed by atoms with Gasteiger partial charge in [0, 0.05) is 11.8 Å². The Bertz CT molecular complexity index is 1140. The number of carbonyl (C=O) groups is 3. The first-order valence-electron chi connectivity index (χ1n) is 9.89. The topological polar surface area (TPSA) is 63.7 Å². The molecular formula is C25H21NO4S2. The first kappa shape index (κ1) is 23.4. The van der Waals surface area contributed by atoms with Crippen molar-refractivity contribution in [1.29, 1.82) is 0 Å². The summed E-state index contributed by atoms with van der Waals surface area (Å²) < 4.78 is 5.28. The Morgan fingerprint density at radius 2 is 1.69 bits per heavy atom. The normalized spacial score (nSPS) is 15.9. The van der Waals surface area contributed by atoms with Gasteiger partial charge in [-0.3, -0.25) is 14.5 Å². The van der Waals surface area contributed by atoms with E-state index in [0.717, 1.165) is 27.8 Å². The number of esters is 1. The molecule has 5 nitrogen and oxygen atoms in total. The van der Waals surface area contributed by atoms with Gasteiger partial charge in [-0.15, -0.1) is 0 Å². The molecule has 0 radical (unpaired) electrons. The van der Waals surface area contributed by atoms with E-state index in [-0.39, 0.29) is 16.5 Å². The zero-order valence-corrected chi connectivity index (χ0v) is 19.2. The average Bonchev–Trinajstić information content (AvgIpc) is 3.05. The highest BCUT2D eigenvalue weighted by Crippen LogP contribution is 2.33. The Morgan fingerprint density at radius 1 is 1.06 bits per heavy atom. The fourth-order valence-electron chi connectivity index (χ4n) is 2.94. The van der Waals surface area contributed by atoms with Crippen molar-refractivity contribution in [2.75, 3.05) is 6.61 Å². The van der Waals surface area contributed by atoms with Crippen molar-refractivity contribution in [1.82, 2.24) is 4.90 Å². The number of rotatable bonds is 7. The molecule has 1 amide bonds. The zero-order valence-electron chi connectivity index (χ0n) is 17.6. The van der Waals surface area contributed by atoms with Gasteiger partial charge in [-0.05, 0) is 31.1 Å². The van der Waals surface area contributed by atoms with E-state index in [9.17, 15) is 14.4 Å². The van der Waals surface area contributed by atoms with Gasteiger partial charge in [0.1, 0.15) is 5.57 Å². The van der Waals surface area contributed by atoms with Crippen molar-refractivity contribution in [2.24, 2.45) is 0 Å². The maximum Gasteiger partial charge on any atom is 0.343 e. The van der Waals surface area contributed by atoms with Gasteiger partial charge in [0.05, 0.1) is 11.5 Å². The summed E-state index contributed by atoms with van der Waals surface area (Å²) in [6.07, 6.45) is 4.87. The number of thiocarbonyl (C=S) groups is 1. The molecule has 0 saturated carbocycles. The summed E-state index contributed by atoms with van der Waals surface area (Å²) in [5.74, 6) is -1.75. The lowest BCUT2D eigenvalue weighted by Gasteiger charge is -2.12. The molecule has 32 heavy (non-hydrogen) atoms. The minimum Gasteiger partial charge on any atom is -0.462 e. The van der Waals surface area contributed by atoms with Crippen LogP contribution in [0.2, 0.25) is 0 Å². The number of benzene rings is 2. The van der Waals surface area contributed by atoms with Gasteiger partial charge in [-0.25, -0.2) is 4.79 Å². The molecule has 162 valence electrons. The molecule has 1 aliphatic heterocycles. The highest BCUT2D eigenvalue weighted by atomic mass is 32.2. The summed E-state index contributed by atoms with van der Waals surface area (Å²) in [6.45, 7) is 3.63. The predicted octanol–water partition coefficient (Wildman–Crippen LogP) is 5.16. The molecular weight excluding hydrogens is 442 g/mol. The first-order chi connectivity index (χ1) is 15.4. The summed E-state index contributed by atoms with van der Waals surface area (Å²) in [5, 5.41) is 0. The summed E-state index contributed by atoms with van der Waals surface area (Å²) >= 11 is 6.47. The van der Waals surface area contributed by atoms with Crippen LogP contribution in [0.15, 0.2) is 89.0 Å². The van der Waals surface area contributed by atoms with Crippen LogP contribution >= 0.6 is 24.0 Å². The average molecular weight is 464 g/mol. The second-order valence-corrected chi connectivity index (χ2v) is 8.48. The molecule has 0 atom stereocenters. The number of thioether (sulfide) groups is 1. The maximum atomic E-state index is 13.0. The highest BCUT2D eigenvalue weighted by molar-refractivity contribution is 8.26. The van der Waals surface area contributed by atoms with Crippen molar-refractivity contribution in [3.63, 3.8) is 0 Å². The number of amides is 1. The van der Waals surface area contributed by atoms with Gasteiger partial charge in [-0.1, -0.05) is 90.7 Å². The molecule has 0 aliphatic carbocycles. The molecule has 0 bridgehead atoms. The van der Waals surface area contributed by atoms with E-state index in [2.05, 4.69) is 0 Å². The molecule has 0 aromatic heterocycles. The lowest BCUT2D eigenvalue weighted by atomic mass is 10.0. The molecule has 0 spiro atoms. The van der Waals surface area contributed by atoms with Gasteiger partial charge in [0.2, 0.25) is 5.78 Å². The number of Topliss-reactive ketones (excluding diaryl/α,β-unsaturated/α-hetero) is 1. The third-order valence-electron chi connectivity index (χ3n) is 4.41. The van der Waals surface area contributed by atoms with Crippen molar-refractivity contribution in [2.45, 2.75) is 13.8 Å². The standard InChI is InChI=1S/C25H21NO4S2/c1-3-30-24(29)20(22(27)19-12-8-5-9-13-19)16-26-23(28)21(32-25(26)31)15-17(2)14-18-10-6-4-7-11-18/h4-16H,3H2,1-2H3/b17-14+,20-16-,21-15-. The largest absolute Gasteiger partial charge is 0.462 e. The number of carbonyl (C=O) groups excluding carboxylic acids is 3. The SMILES string of the molecule is CCOC(=O)/C(=C\N1C(=O)/C(=C/C(C)=C/c2ccccc2)SC1=S)C(=O)c1ccccc1. The van der Waals surface area contributed by atoms with Crippen LogP contribution in [0.3, 0.4) is 0 Å². The van der Waals surface area contributed by atoms with E-state index < -0.39 is 17.7 Å². The highest BCUT2D eigenvalue weighted by Gasteiger charge is 2.33. The van der Waals surface area contributed by atoms with Crippen LogP contribution in [0.5, 0.6) is 0 Å². The molecule has 2 aromatic carbocycles. The van der Waals surface area contributed by atoms with Crippen LogP contribution in [0.1, 0.15) is 29.8 Å². The quantitative estimate of drug-likeness (QED) is 0.141. The molecule has 3 rings (SSSR count). The second-order valence-electron chi connectivity index (χ2n) is 6.81. The molecule has 0 unspecified atom stereocenters. The van der Waals surface area contributed by atoms with Gasteiger partial charge < -0.3 is 4.74 Å². The second kappa shape index (κ2) is 10.8. The molecule has 1 saturated heterocycles. The minimum absolute atomic E-state index is 0.0972. The van der Waals surface area contributed by atoms with Crippen LogP contribution in [0.4, 0.5) is 0 Å². The molecule has 2 aromatic rings. The van der Waals surface area contributed by atoms with E-state index in [1.165, 1.54) is 6.20 Å². The molecule has 1 fully saturated rings. The summed E-state index contributed by atoms with van der Waals surface area (Å²) in [7, 11) is 0. The Morgan fingerprint density at radius 3 is 2.31 bits per heavy atom. The Hall–Kier alpha value is -3.29. The Labute approximate surface area is 196 Å². The molecule has 1 aliphatic rings. The van der Waals surface area contributed by atoms with Crippen LogP contribution in [-0.4, -0.2) is 33.5 Å². The fourth-order valence-corrected chi connectivity index (χ4v) is 4.20. The number of ketones is 1. The van der Waals surface area contributed by atoms with Crippen molar-refractivity contribution >= 4 is 52.0 Å². The molecule has 0 N–H and O–H groups in total. The van der Waals surface area contributed by atoms with Crippen molar-refractivity contribution in [3.8, 4) is 0 Å². The van der Waals surface area contributed by atoms with E-state index in [4.69, 9.17) is 17.0 Å². The van der Waals surface area contributed by atoms with Crippen molar-refractivity contribution in [3.05, 3.63) is 100 Å². The van der Waals surface area contributed by atoms with Crippen LogP contribution < -0.4 is 0 Å². The lowest BCUT2D eigenvalue weighted by molar-refractivity contribution is -0.138. The molecule has 7 heteroatoms. The van der Waals surface area contributed by atoms with E-state index in [1.54, 1.807) is 43.3 Å². The summed E-state index contributed by atoms with van der Waals surface area (Å²) in [4.78, 5) is 40.0. The third kappa shape index (κ3) is 5.69. The van der Waals surface area contributed by atoms with Crippen LogP contribution in [0.25, 0.3) is 6.08 Å². The van der Waals surface area contributed by atoms with Gasteiger partial charge in [0.25, 0.3) is 5.91 Å². The Kier molecular flexibility index (Phi) is 7.92. The maximum absolute atomic E-state index is 13.0. The number of nitrogens with zero attached hydrogens (tertiary/aromatic N) is 1. The Balaban J connectivity index is 1.91. The van der Waals surface area contributed by atoms with Gasteiger partial charge in [0.15, 0.2) is 4.32 Å². The summed E-state index contributed by atoms with van der Waals surface area (Å²) in [5.41, 5.74) is 1.93. The monoisotopic (exact) mass is 463 g/mol.